The summed E-state index contributed by atoms with van der Waals surface area (Å²) in [6.45, 7) is 55.7. The zero-order valence-electron chi connectivity index (χ0n) is 65.2. The molecule has 0 saturated carbocycles. The first kappa shape index (κ1) is 108. The minimum Gasteiger partial charge on any atom is -0.479 e. The fourth-order valence-electron chi connectivity index (χ4n) is 5.90. The average Bonchev–Trinajstić information content (AvgIpc) is 0.885. The summed E-state index contributed by atoms with van der Waals surface area (Å²) in [7, 11) is 0. The molecular weight excluding hydrogens is 1480 g/mol. The van der Waals surface area contributed by atoms with Gasteiger partial charge in [-0.2, -0.15) is 0 Å². The van der Waals surface area contributed by atoms with Gasteiger partial charge in [-0.25, -0.2) is 0 Å². The highest BCUT2D eigenvalue weighted by atomic mass is 32.2. The van der Waals surface area contributed by atoms with Crippen LogP contribution in [0.4, 0.5) is 0 Å². The highest BCUT2D eigenvalue weighted by molar-refractivity contribution is 8.24. The lowest BCUT2D eigenvalue weighted by Crippen LogP contribution is -2.33. The Hall–Kier alpha value is -4.86. The van der Waals surface area contributed by atoms with Crippen molar-refractivity contribution in [2.75, 3.05) is 66.1 Å². The number of rotatable bonds is 32. The predicted molar refractivity (Wildman–Crippen MR) is 420 cm³/mol. The largest absolute Gasteiger partial charge is 0.479 e. The molecule has 24 nitrogen and oxygen atoms in total. The van der Waals surface area contributed by atoms with E-state index in [2.05, 4.69) is 17.9 Å². The van der Waals surface area contributed by atoms with Gasteiger partial charge in [-0.15, -0.1) is 0 Å². The fraction of sp³-hybridized carbons (Fsp3) is 0.743. The summed E-state index contributed by atoms with van der Waals surface area (Å²) in [6.07, 6.45) is 3.47. The zero-order valence-corrected chi connectivity index (χ0v) is 71.7. The fourth-order valence-corrected chi connectivity index (χ4v) is 11.1. The maximum Gasteiger partial charge on any atom is 0.319 e. The molecule has 0 N–H and O–H groups in total. The van der Waals surface area contributed by atoms with Crippen LogP contribution in [0.25, 0.3) is 0 Å². The Kier molecular flexibility index (Phi) is 65.0. The molecule has 0 fully saturated rings. The molecule has 0 aliphatic carbocycles. The van der Waals surface area contributed by atoms with Crippen molar-refractivity contribution >= 4 is 173 Å². The van der Waals surface area contributed by atoms with Crippen molar-refractivity contribution in [1.29, 1.82) is 0 Å². The van der Waals surface area contributed by atoms with E-state index >= 15 is 0 Å². The van der Waals surface area contributed by atoms with Crippen LogP contribution in [0.1, 0.15) is 206 Å². The molecule has 0 aliphatic heterocycles. The summed E-state index contributed by atoms with van der Waals surface area (Å²) in [5, 5.41) is -0.293. The topological polar surface area (TPSA) is 300 Å². The monoisotopic (exact) mass is 1600 g/mol. The predicted octanol–water partition coefficient (Wildman–Crippen LogP) is 15.4. The van der Waals surface area contributed by atoms with Crippen molar-refractivity contribution in [1.82, 2.24) is 0 Å². The van der Waals surface area contributed by atoms with Gasteiger partial charge in [0.15, 0.2) is 16.3 Å². The molecule has 0 spiro atoms. The third kappa shape index (κ3) is 63.6. The minimum absolute atomic E-state index is 0.170. The number of hydrogen-bond acceptors (Lipinski definition) is 32. The van der Waals surface area contributed by atoms with Gasteiger partial charge in [-0.3, -0.25) is 47.9 Å². The van der Waals surface area contributed by atoms with Crippen molar-refractivity contribution in [3.8, 4) is 0 Å². The number of thiocarbonyl (C=S) groups is 4. The summed E-state index contributed by atoms with van der Waals surface area (Å²) >= 11 is 24.7. The SMILES string of the molecule is C=CCOC(=O)C(C)(C)C.C=CCOC(C)=O.CCOC(=O)C(C)CC(CC(OC(C)=O)SC(=S)OCC)OC(=O)C(C)(C)C.CCOC(=O)C(C)CC(OC(=O)C(C)(C)C)SC(=S)OCC.CCOC(=O)C(C)CC(OC(=O)C(C)(C)C)SC(=S)OCC.CCOC(=O)C(C)SC(=S)OCC. The zero-order chi connectivity index (χ0) is 80.7. The van der Waals surface area contributed by atoms with E-state index in [1.165, 1.54) is 31.7 Å². The van der Waals surface area contributed by atoms with Crippen LogP contribution >= 0.6 is 95.9 Å². The van der Waals surface area contributed by atoms with Gasteiger partial charge < -0.3 is 66.3 Å². The van der Waals surface area contributed by atoms with Gasteiger partial charge in [0.25, 0.3) is 0 Å². The Morgan fingerprint density at radius 1 is 0.333 bits per heavy atom. The summed E-state index contributed by atoms with van der Waals surface area (Å²) in [5.74, 6) is -4.58. The number of hydrogen-bond donors (Lipinski definition) is 0. The molecule has 32 heteroatoms. The van der Waals surface area contributed by atoms with E-state index in [1.54, 1.807) is 131 Å². The quantitative estimate of drug-likeness (QED) is 0.0199. The molecule has 0 aromatic carbocycles. The molecule has 0 amide bonds. The van der Waals surface area contributed by atoms with Gasteiger partial charge in [0, 0.05) is 33.1 Å². The Morgan fingerprint density at radius 2 is 0.598 bits per heavy atom. The lowest BCUT2D eigenvalue weighted by atomic mass is 9.96. The second-order valence-electron chi connectivity index (χ2n) is 25.2. The summed E-state index contributed by atoms with van der Waals surface area (Å²) in [5.41, 5.74) is -4.23. The lowest BCUT2D eigenvalue weighted by molar-refractivity contribution is -0.164. The van der Waals surface area contributed by atoms with Crippen molar-refractivity contribution in [2.45, 2.75) is 233 Å². The van der Waals surface area contributed by atoms with Crippen LogP contribution in [0.3, 0.4) is 0 Å². The number of thioether (sulfide) groups is 4. The Balaban J connectivity index is -0.000000285. The Labute approximate surface area is 647 Å². The van der Waals surface area contributed by atoms with E-state index in [1.807, 2.05) is 41.5 Å². The lowest BCUT2D eigenvalue weighted by Gasteiger charge is -2.27. The van der Waals surface area contributed by atoms with Crippen LogP contribution in [0.15, 0.2) is 25.3 Å². The first-order valence-electron chi connectivity index (χ1n) is 33.3. The smallest absolute Gasteiger partial charge is 0.319 e. The van der Waals surface area contributed by atoms with Crippen molar-refractivity contribution < 1.29 is 114 Å². The highest BCUT2D eigenvalue weighted by Gasteiger charge is 2.35. The molecular formula is C70H120O24S8. The van der Waals surface area contributed by atoms with E-state index in [0.29, 0.717) is 85.5 Å². The van der Waals surface area contributed by atoms with Gasteiger partial charge >= 0.3 is 59.7 Å². The van der Waals surface area contributed by atoms with Gasteiger partial charge in [0.05, 0.1) is 92.3 Å². The van der Waals surface area contributed by atoms with Crippen molar-refractivity contribution in [3.05, 3.63) is 25.3 Å². The van der Waals surface area contributed by atoms with E-state index in [9.17, 15) is 47.9 Å². The van der Waals surface area contributed by atoms with Crippen LogP contribution in [0.2, 0.25) is 0 Å². The molecule has 0 saturated heterocycles. The Morgan fingerprint density at radius 3 is 0.863 bits per heavy atom. The second kappa shape index (κ2) is 61.3. The van der Waals surface area contributed by atoms with E-state index in [0.717, 1.165) is 35.3 Å². The normalized spacial score (nSPS) is 13.0. The van der Waals surface area contributed by atoms with Crippen LogP contribution in [-0.4, -0.2) is 171 Å². The van der Waals surface area contributed by atoms with E-state index in [-0.39, 0.29) is 76.8 Å². The maximum atomic E-state index is 12.4. The number of carbonyl (C=O) groups excluding carboxylic acids is 10. The third-order valence-electron chi connectivity index (χ3n) is 11.1. The second-order valence-corrected chi connectivity index (χ2v) is 32.4. The van der Waals surface area contributed by atoms with Crippen LogP contribution in [0, 0.1) is 39.4 Å². The molecule has 0 radical (unpaired) electrons. The van der Waals surface area contributed by atoms with Gasteiger partial charge in [0.2, 0.25) is 17.5 Å². The first-order chi connectivity index (χ1) is 47.0. The summed E-state index contributed by atoms with van der Waals surface area (Å²) in [6, 6.07) is 0. The first-order valence-corrected chi connectivity index (χ1v) is 38.5. The molecule has 8 unspecified atom stereocenters. The van der Waals surface area contributed by atoms with Gasteiger partial charge in [0.1, 0.15) is 24.6 Å². The highest BCUT2D eigenvalue weighted by Crippen LogP contribution is 2.31. The van der Waals surface area contributed by atoms with Crippen molar-refractivity contribution in [3.63, 3.8) is 0 Å². The van der Waals surface area contributed by atoms with Crippen LogP contribution in [0.5, 0.6) is 0 Å². The molecule has 0 bridgehead atoms. The van der Waals surface area contributed by atoms with Crippen LogP contribution in [-0.2, 0) is 114 Å². The van der Waals surface area contributed by atoms with Gasteiger partial charge in [-0.1, -0.05) is 57.8 Å². The third-order valence-corrected chi connectivity index (χ3v) is 16.2. The molecule has 0 heterocycles. The molecule has 592 valence electrons. The van der Waals surface area contributed by atoms with Crippen molar-refractivity contribution in [2.24, 2.45) is 39.4 Å². The average molecular weight is 1600 g/mol. The van der Waals surface area contributed by atoms with Gasteiger partial charge in [-0.05, 0) is 236 Å². The standard InChI is InChI=1S/C19H32O7S2.2C15H26O5S2.C8H14O3S2.C8H14O2.C5H8O2/c1-8-23-16(21)12(3)10-14(26-17(22)19(5,6)7)11-15(25-13(4)20)28-18(27)24-9-2;2*1-7-18-12(16)10(3)9-11(22-14(21)19-8-2)20-13(17)15(4,5)6;1-4-10-7(9)6(3)13-8(12)11-5-2;1-5-6-10-7(9)8(2,3)4;1-3-4-7-5(2)6/h12,14-15H,8-11H2,1-7H3;2*10-11H,7-9H2,1-6H3;6H,4-5H2,1-3H3;5H,1,6H2,2-4H3;3H,1,4H2,2H3. The summed E-state index contributed by atoms with van der Waals surface area (Å²) in [4.78, 5) is 115. The molecule has 0 aromatic heterocycles. The number of esters is 10. The number of ether oxygens (including phenoxy) is 14. The molecule has 0 aromatic rings. The van der Waals surface area contributed by atoms with Crippen LogP contribution < -0.4 is 0 Å². The maximum absolute atomic E-state index is 12.4. The molecule has 102 heavy (non-hydrogen) atoms. The minimum atomic E-state index is -0.712. The molecule has 0 aliphatic rings. The molecule has 0 rings (SSSR count). The molecule has 8 atom stereocenters. The summed E-state index contributed by atoms with van der Waals surface area (Å²) < 4.78 is 72.8. The Bertz CT molecular complexity index is 2460. The van der Waals surface area contributed by atoms with E-state index in [4.69, 9.17) is 110 Å². The number of carbonyl (C=O) groups is 10. The van der Waals surface area contributed by atoms with E-state index < -0.39 is 73.8 Å².